The molecular weight excluding hydrogens is 420 g/mol. The lowest BCUT2D eigenvalue weighted by atomic mass is 10.0. The van der Waals surface area contributed by atoms with E-state index >= 15 is 0 Å². The Morgan fingerprint density at radius 3 is 2.82 bits per heavy atom. The third-order valence-electron chi connectivity index (χ3n) is 6.36. The number of benzene rings is 2. The molecule has 2 aliphatic rings. The van der Waals surface area contributed by atoms with Crippen molar-refractivity contribution in [1.29, 1.82) is 0 Å². The van der Waals surface area contributed by atoms with Crippen molar-refractivity contribution in [2.24, 2.45) is 0 Å². The van der Waals surface area contributed by atoms with Gasteiger partial charge in [0, 0.05) is 47.7 Å². The molecular formula is C25H24N4O4. The van der Waals surface area contributed by atoms with Crippen LogP contribution < -0.4 is 10.6 Å². The first-order chi connectivity index (χ1) is 15.9. The summed E-state index contributed by atoms with van der Waals surface area (Å²) in [7, 11) is 0. The fourth-order valence-electron chi connectivity index (χ4n) is 4.61. The zero-order chi connectivity index (χ0) is 23.1. The number of anilines is 1. The normalized spacial score (nSPS) is 17.9. The van der Waals surface area contributed by atoms with Gasteiger partial charge in [0.15, 0.2) is 0 Å². The van der Waals surface area contributed by atoms with Crippen LogP contribution in [0.3, 0.4) is 0 Å². The number of amides is 4. The fourth-order valence-corrected chi connectivity index (χ4v) is 4.61. The van der Waals surface area contributed by atoms with Gasteiger partial charge in [-0.05, 0) is 54.7 Å². The van der Waals surface area contributed by atoms with E-state index in [1.54, 1.807) is 18.2 Å². The minimum atomic E-state index is -0.652. The Morgan fingerprint density at radius 1 is 1.15 bits per heavy atom. The largest absolute Gasteiger partial charge is 0.361 e. The molecule has 4 amide bonds. The minimum Gasteiger partial charge on any atom is -0.361 e. The van der Waals surface area contributed by atoms with Crippen LogP contribution in [0.5, 0.6) is 0 Å². The van der Waals surface area contributed by atoms with Gasteiger partial charge < -0.3 is 15.2 Å². The van der Waals surface area contributed by atoms with Crippen molar-refractivity contribution in [2.45, 2.75) is 45.2 Å². The van der Waals surface area contributed by atoms with Crippen LogP contribution >= 0.6 is 0 Å². The summed E-state index contributed by atoms with van der Waals surface area (Å²) in [5.74, 6) is -1.14. The first-order valence-corrected chi connectivity index (χ1v) is 11.0. The Morgan fingerprint density at radius 2 is 2.00 bits per heavy atom. The maximum atomic E-state index is 12.9. The van der Waals surface area contributed by atoms with Gasteiger partial charge >= 0.3 is 0 Å². The van der Waals surface area contributed by atoms with E-state index in [0.29, 0.717) is 37.1 Å². The molecule has 0 bridgehead atoms. The number of aryl methyl sites for hydroxylation is 2. The van der Waals surface area contributed by atoms with Gasteiger partial charge in [-0.1, -0.05) is 18.2 Å². The van der Waals surface area contributed by atoms with Crippen LogP contribution in [-0.2, 0) is 27.3 Å². The SMILES string of the molecule is Cc1ccc2c(CCC(=O)Nc3ccc4c(c3)C(=O)N(C3CCC(=O)NC3=O)C4)c[nH]c2c1. The molecule has 33 heavy (non-hydrogen) atoms. The molecule has 1 atom stereocenters. The summed E-state index contributed by atoms with van der Waals surface area (Å²) < 4.78 is 0. The highest BCUT2D eigenvalue weighted by Crippen LogP contribution is 2.29. The number of rotatable bonds is 5. The minimum absolute atomic E-state index is 0.135. The quantitative estimate of drug-likeness (QED) is 0.526. The number of fused-ring (bicyclic) bond motifs is 2. The van der Waals surface area contributed by atoms with Crippen LogP contribution in [0.1, 0.15) is 46.3 Å². The predicted molar refractivity (Wildman–Crippen MR) is 122 cm³/mol. The highest BCUT2D eigenvalue weighted by molar-refractivity contribution is 6.06. The van der Waals surface area contributed by atoms with Crippen molar-refractivity contribution in [3.8, 4) is 0 Å². The molecule has 2 aromatic carbocycles. The first-order valence-electron chi connectivity index (χ1n) is 11.0. The number of aromatic amines is 1. The van der Waals surface area contributed by atoms with E-state index < -0.39 is 11.9 Å². The van der Waals surface area contributed by atoms with Crippen molar-refractivity contribution in [3.63, 3.8) is 0 Å². The number of nitrogens with zero attached hydrogens (tertiary/aromatic N) is 1. The summed E-state index contributed by atoms with van der Waals surface area (Å²) in [4.78, 5) is 53.8. The van der Waals surface area contributed by atoms with Crippen LogP contribution in [0.4, 0.5) is 5.69 Å². The monoisotopic (exact) mass is 444 g/mol. The number of hydrogen-bond acceptors (Lipinski definition) is 4. The van der Waals surface area contributed by atoms with Gasteiger partial charge in [-0.3, -0.25) is 24.5 Å². The van der Waals surface area contributed by atoms with Crippen LogP contribution in [0.15, 0.2) is 42.6 Å². The van der Waals surface area contributed by atoms with Crippen molar-refractivity contribution in [3.05, 3.63) is 64.8 Å². The lowest BCUT2D eigenvalue weighted by Gasteiger charge is -2.29. The van der Waals surface area contributed by atoms with E-state index in [-0.39, 0.29) is 24.1 Å². The molecule has 1 unspecified atom stereocenters. The highest BCUT2D eigenvalue weighted by atomic mass is 16.2. The van der Waals surface area contributed by atoms with Gasteiger partial charge in [0.05, 0.1) is 0 Å². The molecule has 3 N–H and O–H groups in total. The number of carbonyl (C=O) groups excluding carboxylic acids is 4. The standard InChI is InChI=1S/C25H24N4O4/c1-14-2-6-18-15(12-26-20(18)10-14)4-8-22(30)27-17-5-3-16-13-29(25(33)19(16)11-17)21-7-9-23(31)28-24(21)32/h2-3,5-6,10-12,21,26H,4,7-9,13H2,1H3,(H,27,30)(H,28,31,32). The first kappa shape index (κ1) is 20.9. The fraction of sp³-hybridized carbons (Fsp3) is 0.280. The highest BCUT2D eigenvalue weighted by Gasteiger charge is 2.39. The van der Waals surface area contributed by atoms with E-state index in [4.69, 9.17) is 0 Å². The predicted octanol–water partition coefficient (Wildman–Crippen LogP) is 2.81. The van der Waals surface area contributed by atoms with Gasteiger partial charge in [-0.2, -0.15) is 0 Å². The molecule has 0 saturated carbocycles. The molecule has 1 aromatic heterocycles. The molecule has 3 heterocycles. The molecule has 168 valence electrons. The number of piperidine rings is 1. The molecule has 1 fully saturated rings. The summed E-state index contributed by atoms with van der Waals surface area (Å²) in [5, 5.41) is 6.29. The zero-order valence-corrected chi connectivity index (χ0v) is 18.2. The number of hydrogen-bond donors (Lipinski definition) is 3. The Bertz CT molecular complexity index is 1310. The molecule has 8 nitrogen and oxygen atoms in total. The number of aromatic nitrogens is 1. The second-order valence-electron chi connectivity index (χ2n) is 8.68. The lowest BCUT2D eigenvalue weighted by Crippen LogP contribution is -2.52. The van der Waals surface area contributed by atoms with Crippen LogP contribution in [0, 0.1) is 6.92 Å². The average molecular weight is 444 g/mol. The van der Waals surface area contributed by atoms with Crippen molar-refractivity contribution in [2.75, 3.05) is 5.32 Å². The Labute approximate surface area is 190 Å². The van der Waals surface area contributed by atoms with Crippen LogP contribution in [0.25, 0.3) is 10.9 Å². The van der Waals surface area contributed by atoms with Crippen molar-refractivity contribution >= 4 is 40.2 Å². The summed E-state index contributed by atoms with van der Waals surface area (Å²) in [6, 6.07) is 10.8. The molecule has 0 spiro atoms. The molecule has 1 saturated heterocycles. The molecule has 0 radical (unpaired) electrons. The molecule has 2 aliphatic heterocycles. The maximum Gasteiger partial charge on any atom is 0.255 e. The maximum absolute atomic E-state index is 12.9. The van der Waals surface area contributed by atoms with Gasteiger partial charge in [-0.15, -0.1) is 0 Å². The summed E-state index contributed by atoms with van der Waals surface area (Å²) in [5.41, 5.74) is 5.15. The van der Waals surface area contributed by atoms with Crippen molar-refractivity contribution in [1.82, 2.24) is 15.2 Å². The molecule has 8 heteroatoms. The third kappa shape index (κ3) is 4.00. The van der Waals surface area contributed by atoms with Gasteiger partial charge in [-0.25, -0.2) is 0 Å². The van der Waals surface area contributed by atoms with Crippen LogP contribution in [-0.4, -0.2) is 39.6 Å². The van der Waals surface area contributed by atoms with E-state index in [1.807, 2.05) is 13.1 Å². The topological polar surface area (TPSA) is 111 Å². The van der Waals surface area contributed by atoms with E-state index in [0.717, 1.165) is 22.0 Å². The van der Waals surface area contributed by atoms with Crippen molar-refractivity contribution < 1.29 is 19.2 Å². The lowest BCUT2D eigenvalue weighted by molar-refractivity contribution is -0.137. The van der Waals surface area contributed by atoms with Gasteiger partial charge in [0.25, 0.3) is 5.91 Å². The number of imide groups is 1. The van der Waals surface area contributed by atoms with Gasteiger partial charge in [0.2, 0.25) is 17.7 Å². The molecule has 3 aromatic rings. The summed E-state index contributed by atoms with van der Waals surface area (Å²) >= 11 is 0. The van der Waals surface area contributed by atoms with E-state index in [2.05, 4.69) is 33.8 Å². The summed E-state index contributed by atoms with van der Waals surface area (Å²) in [6.07, 6.45) is 3.39. The molecule has 0 aliphatic carbocycles. The Hall–Kier alpha value is -3.94. The number of nitrogens with one attached hydrogen (secondary N) is 3. The number of H-pyrrole nitrogens is 1. The average Bonchev–Trinajstić information content (AvgIpc) is 3.33. The Kier molecular flexibility index (Phi) is 5.20. The Balaban J connectivity index is 1.23. The second kappa shape index (κ2) is 8.20. The second-order valence-corrected chi connectivity index (χ2v) is 8.68. The number of carbonyl (C=O) groups is 4. The molecule has 5 rings (SSSR count). The summed E-state index contributed by atoms with van der Waals surface area (Å²) in [6.45, 7) is 2.35. The van der Waals surface area contributed by atoms with E-state index in [9.17, 15) is 19.2 Å². The zero-order valence-electron chi connectivity index (χ0n) is 18.2. The van der Waals surface area contributed by atoms with Crippen LogP contribution in [0.2, 0.25) is 0 Å². The third-order valence-corrected chi connectivity index (χ3v) is 6.36. The van der Waals surface area contributed by atoms with Gasteiger partial charge in [0.1, 0.15) is 6.04 Å². The van der Waals surface area contributed by atoms with E-state index in [1.165, 1.54) is 10.5 Å². The smallest absolute Gasteiger partial charge is 0.255 e.